The Labute approximate surface area is 101 Å². The highest BCUT2D eigenvalue weighted by molar-refractivity contribution is 7.09. The molecule has 0 aromatic carbocycles. The van der Waals surface area contributed by atoms with E-state index in [2.05, 4.69) is 15.3 Å². The van der Waals surface area contributed by atoms with Crippen LogP contribution >= 0.6 is 11.3 Å². The van der Waals surface area contributed by atoms with E-state index >= 15 is 0 Å². The van der Waals surface area contributed by atoms with Gasteiger partial charge in [0.15, 0.2) is 0 Å². The number of nitrogens with one attached hydrogen (secondary N) is 1. The molecule has 0 amide bonds. The van der Waals surface area contributed by atoms with Crippen molar-refractivity contribution in [2.75, 3.05) is 11.1 Å². The third-order valence-electron chi connectivity index (χ3n) is 2.05. The summed E-state index contributed by atoms with van der Waals surface area (Å²) in [5, 5.41) is 11.9. The Morgan fingerprint density at radius 1 is 1.53 bits per heavy atom. The molecular weight excluding hydrogens is 240 g/mol. The summed E-state index contributed by atoms with van der Waals surface area (Å²) in [4.78, 5) is 19.9. The Bertz CT molecular complexity index is 527. The summed E-state index contributed by atoms with van der Waals surface area (Å²) in [6.45, 7) is 0.488. The first-order valence-corrected chi connectivity index (χ1v) is 5.65. The fourth-order valence-electron chi connectivity index (χ4n) is 1.29. The number of aromatic nitrogens is 2. The number of nitrogens with zero attached hydrogens (tertiary/aromatic N) is 2. The van der Waals surface area contributed by atoms with Crippen LogP contribution in [-0.4, -0.2) is 21.0 Å². The normalized spacial score (nSPS) is 10.1. The van der Waals surface area contributed by atoms with Crippen molar-refractivity contribution < 1.29 is 9.90 Å². The third-order valence-corrected chi connectivity index (χ3v) is 2.83. The number of carboxylic acid groups (broad SMARTS) is 1. The molecular formula is C10H10N4O2S. The zero-order valence-electron chi connectivity index (χ0n) is 8.75. The van der Waals surface area contributed by atoms with Crippen molar-refractivity contribution in [3.63, 3.8) is 0 Å². The van der Waals surface area contributed by atoms with Gasteiger partial charge in [-0.2, -0.15) is 0 Å². The minimum atomic E-state index is -1.06. The number of rotatable bonds is 4. The minimum Gasteiger partial charge on any atom is -0.478 e. The molecule has 2 aromatic rings. The van der Waals surface area contributed by atoms with Gasteiger partial charge in [0.2, 0.25) is 0 Å². The van der Waals surface area contributed by atoms with Crippen LogP contribution in [0.4, 0.5) is 11.5 Å². The minimum absolute atomic E-state index is 0.0644. The number of carboxylic acids is 1. The second-order valence-electron chi connectivity index (χ2n) is 3.29. The first-order chi connectivity index (χ1) is 8.16. The van der Waals surface area contributed by atoms with Crippen molar-refractivity contribution in [2.45, 2.75) is 6.54 Å². The van der Waals surface area contributed by atoms with E-state index < -0.39 is 5.97 Å². The number of hydrogen-bond donors (Lipinski definition) is 3. The summed E-state index contributed by atoms with van der Waals surface area (Å²) in [7, 11) is 0. The number of carbonyl (C=O) groups is 1. The quantitative estimate of drug-likeness (QED) is 0.758. The van der Waals surface area contributed by atoms with E-state index in [9.17, 15) is 4.79 Å². The molecule has 0 aliphatic heterocycles. The van der Waals surface area contributed by atoms with Crippen LogP contribution in [-0.2, 0) is 6.54 Å². The fraction of sp³-hybridized carbons (Fsp3) is 0.100. The predicted octanol–water partition coefficient (Wildman–Crippen LogP) is 1.43. The van der Waals surface area contributed by atoms with Crippen LogP contribution in [0.2, 0.25) is 0 Å². The Kier molecular flexibility index (Phi) is 3.20. The summed E-state index contributed by atoms with van der Waals surface area (Å²) >= 11 is 1.49. The van der Waals surface area contributed by atoms with Crippen LogP contribution in [0, 0.1) is 0 Å². The number of hydrogen-bond acceptors (Lipinski definition) is 6. The molecule has 0 bridgehead atoms. The molecule has 0 atom stereocenters. The molecule has 0 aliphatic carbocycles. The van der Waals surface area contributed by atoms with Gasteiger partial charge < -0.3 is 16.2 Å². The van der Waals surface area contributed by atoms with E-state index in [0.717, 1.165) is 4.88 Å². The maximum absolute atomic E-state index is 11.0. The van der Waals surface area contributed by atoms with Crippen molar-refractivity contribution in [3.05, 3.63) is 34.4 Å². The zero-order valence-corrected chi connectivity index (χ0v) is 9.57. The van der Waals surface area contributed by atoms with Crippen LogP contribution in [0.15, 0.2) is 24.0 Å². The van der Waals surface area contributed by atoms with E-state index in [0.29, 0.717) is 18.1 Å². The van der Waals surface area contributed by atoms with Gasteiger partial charge in [-0.05, 0) is 6.07 Å². The van der Waals surface area contributed by atoms with Gasteiger partial charge in [-0.15, -0.1) is 11.3 Å². The molecule has 2 rings (SSSR count). The van der Waals surface area contributed by atoms with Gasteiger partial charge in [0.25, 0.3) is 0 Å². The van der Waals surface area contributed by atoms with Crippen LogP contribution in [0.25, 0.3) is 0 Å². The molecule has 0 fully saturated rings. The van der Waals surface area contributed by atoms with Crippen LogP contribution in [0.1, 0.15) is 15.2 Å². The highest BCUT2D eigenvalue weighted by Crippen LogP contribution is 2.17. The molecule has 0 spiro atoms. The summed E-state index contributed by atoms with van der Waals surface area (Å²) in [5.41, 5.74) is 7.60. The average molecular weight is 250 g/mol. The number of nitrogens with two attached hydrogens (primary N) is 1. The molecule has 7 heteroatoms. The summed E-state index contributed by atoms with van der Waals surface area (Å²) in [6, 6.07) is 1.38. The SMILES string of the molecule is Nc1cnc(NCc2cncs2)c(C(=O)O)c1. The Hall–Kier alpha value is -2.15. The van der Waals surface area contributed by atoms with Crippen LogP contribution in [0.5, 0.6) is 0 Å². The van der Waals surface area contributed by atoms with Gasteiger partial charge in [-0.25, -0.2) is 9.78 Å². The second kappa shape index (κ2) is 4.79. The molecule has 6 nitrogen and oxygen atoms in total. The van der Waals surface area contributed by atoms with E-state index in [-0.39, 0.29) is 5.56 Å². The fourth-order valence-corrected chi connectivity index (χ4v) is 1.82. The van der Waals surface area contributed by atoms with E-state index in [4.69, 9.17) is 10.8 Å². The lowest BCUT2D eigenvalue weighted by Crippen LogP contribution is -2.08. The zero-order chi connectivity index (χ0) is 12.3. The standard InChI is InChI=1S/C10H10N4O2S/c11-6-1-8(10(15)16)9(13-2-6)14-4-7-3-12-5-17-7/h1-3,5H,4,11H2,(H,13,14)(H,15,16). The lowest BCUT2D eigenvalue weighted by molar-refractivity contribution is 0.0697. The topological polar surface area (TPSA) is 101 Å². The van der Waals surface area contributed by atoms with E-state index in [1.165, 1.54) is 23.6 Å². The predicted molar refractivity (Wildman–Crippen MR) is 65.0 cm³/mol. The largest absolute Gasteiger partial charge is 0.478 e. The molecule has 2 aromatic heterocycles. The lowest BCUT2D eigenvalue weighted by Gasteiger charge is -2.07. The van der Waals surface area contributed by atoms with Crippen LogP contribution < -0.4 is 11.1 Å². The van der Waals surface area contributed by atoms with E-state index in [1.54, 1.807) is 11.7 Å². The number of aromatic carboxylic acids is 1. The molecule has 0 saturated carbocycles. The Morgan fingerprint density at radius 3 is 3.00 bits per heavy atom. The number of pyridine rings is 1. The van der Waals surface area contributed by atoms with E-state index in [1.807, 2.05) is 0 Å². The van der Waals surface area contributed by atoms with Crippen molar-refractivity contribution >= 4 is 28.8 Å². The van der Waals surface area contributed by atoms with Crippen molar-refractivity contribution in [1.29, 1.82) is 0 Å². The monoisotopic (exact) mass is 250 g/mol. The molecule has 0 unspecified atom stereocenters. The Morgan fingerprint density at radius 2 is 2.35 bits per heavy atom. The first-order valence-electron chi connectivity index (χ1n) is 4.77. The molecule has 0 saturated heterocycles. The molecule has 4 N–H and O–H groups in total. The average Bonchev–Trinajstić information content (AvgIpc) is 2.80. The number of anilines is 2. The van der Waals surface area contributed by atoms with Crippen molar-refractivity contribution in [2.24, 2.45) is 0 Å². The van der Waals surface area contributed by atoms with Gasteiger partial charge in [0.05, 0.1) is 23.9 Å². The van der Waals surface area contributed by atoms with Crippen molar-refractivity contribution in [3.8, 4) is 0 Å². The van der Waals surface area contributed by atoms with Gasteiger partial charge in [-0.1, -0.05) is 0 Å². The van der Waals surface area contributed by atoms with Gasteiger partial charge in [0, 0.05) is 11.1 Å². The maximum atomic E-state index is 11.0. The van der Waals surface area contributed by atoms with Crippen molar-refractivity contribution in [1.82, 2.24) is 9.97 Å². The second-order valence-corrected chi connectivity index (χ2v) is 4.26. The van der Waals surface area contributed by atoms with Gasteiger partial charge in [-0.3, -0.25) is 4.98 Å². The molecule has 17 heavy (non-hydrogen) atoms. The van der Waals surface area contributed by atoms with Gasteiger partial charge in [0.1, 0.15) is 11.4 Å². The smallest absolute Gasteiger partial charge is 0.339 e. The first kappa shape index (κ1) is 11.3. The molecule has 2 heterocycles. The highest BCUT2D eigenvalue weighted by atomic mass is 32.1. The maximum Gasteiger partial charge on any atom is 0.339 e. The third kappa shape index (κ3) is 2.70. The summed E-state index contributed by atoms with van der Waals surface area (Å²) in [5.74, 6) is -0.753. The van der Waals surface area contributed by atoms with Crippen LogP contribution in [0.3, 0.4) is 0 Å². The number of nitrogen functional groups attached to an aromatic ring is 1. The summed E-state index contributed by atoms with van der Waals surface area (Å²) in [6.07, 6.45) is 3.14. The highest BCUT2D eigenvalue weighted by Gasteiger charge is 2.11. The molecule has 0 aliphatic rings. The van der Waals surface area contributed by atoms with Gasteiger partial charge >= 0.3 is 5.97 Å². The summed E-state index contributed by atoms with van der Waals surface area (Å²) < 4.78 is 0. The molecule has 88 valence electrons. The number of thiazole rings is 1. The Balaban J connectivity index is 2.17. The molecule has 0 radical (unpaired) electrons. The lowest BCUT2D eigenvalue weighted by atomic mass is 10.2.